The summed E-state index contributed by atoms with van der Waals surface area (Å²) in [6.45, 7) is 0. The van der Waals surface area contributed by atoms with Crippen molar-refractivity contribution < 1.29 is 36.2 Å². The van der Waals surface area contributed by atoms with E-state index >= 15 is 0 Å². The van der Waals surface area contributed by atoms with Gasteiger partial charge >= 0.3 is 0 Å². The van der Waals surface area contributed by atoms with Crippen LogP contribution in [0, 0.1) is 0 Å². The molecule has 0 radical (unpaired) electrons. The molecule has 0 bridgehead atoms. The molecule has 6 aromatic rings. The molecule has 0 atom stereocenters. The average Bonchev–Trinajstić information content (AvgIpc) is 3.10. The van der Waals surface area contributed by atoms with E-state index in [1.165, 1.54) is 47.8 Å². The Hall–Kier alpha value is -4.84. The molecule has 254 valence electrons. The van der Waals surface area contributed by atoms with Crippen molar-refractivity contribution in [3.8, 4) is 22.6 Å². The van der Waals surface area contributed by atoms with E-state index in [1.54, 1.807) is 36.4 Å². The maximum atomic E-state index is 12.1. The normalized spacial score (nSPS) is 12.5. The smallest absolute Gasteiger partial charge is 0.295 e. The van der Waals surface area contributed by atoms with Crippen LogP contribution in [0.3, 0.4) is 0 Å². The highest BCUT2D eigenvalue weighted by Crippen LogP contribution is 2.43. The van der Waals surface area contributed by atoms with Gasteiger partial charge in [0.15, 0.2) is 11.5 Å². The highest BCUT2D eigenvalue weighted by molar-refractivity contribution is 7.99. The Labute approximate surface area is 295 Å². The molecule has 6 aromatic carbocycles. The Balaban J connectivity index is 1.32. The summed E-state index contributed by atoms with van der Waals surface area (Å²) in [7, 11) is -9.24. The monoisotopic (exact) mass is 746 g/mol. The number of hydrogen-bond acceptors (Lipinski definition) is 12. The first-order chi connectivity index (χ1) is 23.8. The Morgan fingerprint density at radius 1 is 0.480 bits per heavy atom. The van der Waals surface area contributed by atoms with Crippen molar-refractivity contribution in [1.82, 2.24) is 0 Å². The van der Waals surface area contributed by atoms with Crippen molar-refractivity contribution in [1.29, 1.82) is 0 Å². The van der Waals surface area contributed by atoms with Gasteiger partial charge in [0.05, 0.1) is 11.4 Å². The zero-order valence-corrected chi connectivity index (χ0v) is 29.3. The van der Waals surface area contributed by atoms with Gasteiger partial charge in [-0.1, -0.05) is 60.7 Å². The second-order valence-corrected chi connectivity index (χ2v) is 15.2. The molecule has 0 aliphatic heterocycles. The third-order valence-corrected chi connectivity index (χ3v) is 11.0. The van der Waals surface area contributed by atoms with Crippen molar-refractivity contribution in [3.05, 3.63) is 97.1 Å². The lowest BCUT2D eigenvalue weighted by molar-refractivity contribution is 0.477. The molecular formula is C34H26N4O8S4. The van der Waals surface area contributed by atoms with E-state index in [1.807, 2.05) is 36.8 Å². The van der Waals surface area contributed by atoms with E-state index in [0.29, 0.717) is 11.4 Å². The van der Waals surface area contributed by atoms with Crippen LogP contribution in [0.15, 0.2) is 137 Å². The van der Waals surface area contributed by atoms with Crippen LogP contribution in [-0.2, 0) is 20.2 Å². The molecule has 12 nitrogen and oxygen atoms in total. The minimum absolute atomic E-state index is 0.131. The molecule has 16 heteroatoms. The van der Waals surface area contributed by atoms with Crippen molar-refractivity contribution >= 4 is 88.1 Å². The van der Waals surface area contributed by atoms with Crippen LogP contribution < -0.4 is 0 Å². The van der Waals surface area contributed by atoms with Crippen molar-refractivity contribution in [2.45, 2.75) is 19.6 Å². The van der Waals surface area contributed by atoms with Gasteiger partial charge in [-0.25, -0.2) is 0 Å². The molecule has 0 unspecified atom stereocenters. The summed E-state index contributed by atoms with van der Waals surface area (Å²) in [6, 6.07) is 25.4. The summed E-state index contributed by atoms with van der Waals surface area (Å²) in [5, 5.41) is 39.1. The van der Waals surface area contributed by atoms with E-state index in [0.717, 1.165) is 33.1 Å². The van der Waals surface area contributed by atoms with E-state index in [4.69, 9.17) is 0 Å². The van der Waals surface area contributed by atoms with E-state index in [9.17, 15) is 36.2 Å². The first kappa shape index (κ1) is 35.0. The molecule has 0 amide bonds. The van der Waals surface area contributed by atoms with Crippen LogP contribution in [0.25, 0.3) is 32.7 Å². The van der Waals surface area contributed by atoms with Crippen molar-refractivity contribution in [3.63, 3.8) is 0 Å². The molecular weight excluding hydrogens is 721 g/mol. The number of phenolic OH excluding ortho intramolecular Hbond substituents is 2. The lowest BCUT2D eigenvalue weighted by atomic mass is 10.0. The Morgan fingerprint density at radius 3 is 1.16 bits per heavy atom. The fourth-order valence-corrected chi connectivity index (χ4v) is 7.86. The molecule has 0 fully saturated rings. The molecule has 4 N–H and O–H groups in total. The highest BCUT2D eigenvalue weighted by Gasteiger charge is 2.21. The van der Waals surface area contributed by atoms with E-state index in [2.05, 4.69) is 20.5 Å². The number of rotatable bonds is 9. The molecule has 6 rings (SSSR count). The number of hydrogen-bond donors (Lipinski definition) is 4. The van der Waals surface area contributed by atoms with E-state index < -0.39 is 30.0 Å². The number of thioether (sulfide) groups is 2. The Kier molecular flexibility index (Phi) is 9.67. The van der Waals surface area contributed by atoms with Gasteiger partial charge in [-0.15, -0.1) is 44.0 Å². The minimum atomic E-state index is -4.62. The van der Waals surface area contributed by atoms with Crippen LogP contribution in [-0.4, -0.2) is 48.7 Å². The molecule has 50 heavy (non-hydrogen) atoms. The van der Waals surface area contributed by atoms with Crippen molar-refractivity contribution in [2.24, 2.45) is 20.5 Å². The molecule has 0 aliphatic carbocycles. The fourth-order valence-electron chi connectivity index (χ4n) is 5.30. The third kappa shape index (κ3) is 6.94. The minimum Gasteiger partial charge on any atom is -0.505 e. The molecule has 0 heterocycles. The van der Waals surface area contributed by atoms with Crippen LogP contribution in [0.4, 0.5) is 22.7 Å². The topological polar surface area (TPSA) is 199 Å². The van der Waals surface area contributed by atoms with Crippen LogP contribution in [0.2, 0.25) is 0 Å². The predicted molar refractivity (Wildman–Crippen MR) is 195 cm³/mol. The van der Waals surface area contributed by atoms with Gasteiger partial charge in [-0.3, -0.25) is 9.11 Å². The summed E-state index contributed by atoms with van der Waals surface area (Å²) < 4.78 is 67.9. The summed E-state index contributed by atoms with van der Waals surface area (Å²) >= 11 is 2.80. The summed E-state index contributed by atoms with van der Waals surface area (Å²) in [5.74, 6) is -0.564. The SMILES string of the molecule is CSc1cc(-c2ccc(/N=N/c3cc(S(=O)(=O)O)c4ccccc4c3O)c(SC)c2)ccc1/N=N/c1cc(S(=O)(=O)O)c2ccccc2c1O. The maximum Gasteiger partial charge on any atom is 0.295 e. The van der Waals surface area contributed by atoms with Gasteiger partial charge in [0.2, 0.25) is 0 Å². The van der Waals surface area contributed by atoms with E-state index in [-0.39, 0.29) is 44.4 Å². The lowest BCUT2D eigenvalue weighted by Gasteiger charge is -2.10. The highest BCUT2D eigenvalue weighted by atomic mass is 32.2. The molecule has 0 aromatic heterocycles. The van der Waals surface area contributed by atoms with Crippen LogP contribution >= 0.6 is 23.5 Å². The Morgan fingerprint density at radius 2 is 0.820 bits per heavy atom. The number of aromatic hydroxyl groups is 2. The van der Waals surface area contributed by atoms with Crippen LogP contribution in [0.5, 0.6) is 11.5 Å². The quantitative estimate of drug-likeness (QED) is 0.0627. The standard InChI is InChI=1S/C34H26N4O8S4/c1-47-29-15-19(11-13-25(29)35-37-27-17-31(49(41,42)43)21-7-3-5-9-23(21)33(27)39)20-12-14-26(30(16-20)48-2)36-38-28-18-32(50(44,45)46)22-8-4-6-10-24(22)34(28)40/h3-18,39-40H,1-2H3,(H,41,42,43)(H,44,45,46)/b37-35+,38-36+. The first-order valence-corrected chi connectivity index (χ1v) is 19.8. The van der Waals surface area contributed by atoms with Gasteiger partial charge in [0.1, 0.15) is 21.2 Å². The van der Waals surface area contributed by atoms with Gasteiger partial charge in [0.25, 0.3) is 20.2 Å². The zero-order valence-electron chi connectivity index (χ0n) is 26.1. The molecule has 0 saturated carbocycles. The predicted octanol–water partition coefficient (Wildman–Crippen LogP) is 9.84. The first-order valence-electron chi connectivity index (χ1n) is 14.4. The van der Waals surface area contributed by atoms with Gasteiger partial charge in [0, 0.05) is 31.3 Å². The largest absolute Gasteiger partial charge is 0.505 e. The summed E-state index contributed by atoms with van der Waals surface area (Å²) in [4.78, 5) is 0.671. The fraction of sp³-hybridized carbons (Fsp3) is 0.0588. The second kappa shape index (κ2) is 13.8. The van der Waals surface area contributed by atoms with Gasteiger partial charge < -0.3 is 10.2 Å². The number of phenols is 2. The Bertz CT molecular complexity index is 2430. The summed E-state index contributed by atoms with van der Waals surface area (Å²) in [6.07, 6.45) is 3.71. The molecule has 0 spiro atoms. The van der Waals surface area contributed by atoms with Gasteiger partial charge in [-0.05, 0) is 60.0 Å². The number of fused-ring (bicyclic) bond motifs is 2. The van der Waals surface area contributed by atoms with Gasteiger partial charge in [-0.2, -0.15) is 16.8 Å². The van der Waals surface area contributed by atoms with Crippen molar-refractivity contribution in [2.75, 3.05) is 12.5 Å². The number of azo groups is 2. The van der Waals surface area contributed by atoms with Crippen LogP contribution in [0.1, 0.15) is 0 Å². The number of nitrogens with zero attached hydrogens (tertiary/aromatic N) is 4. The average molecular weight is 747 g/mol. The maximum absolute atomic E-state index is 12.1. The lowest BCUT2D eigenvalue weighted by Crippen LogP contribution is -1.99. The molecule has 0 saturated heterocycles. The molecule has 0 aliphatic rings. The second-order valence-electron chi connectivity index (χ2n) is 10.7. The number of benzene rings is 6. The zero-order chi connectivity index (χ0) is 35.8. The third-order valence-electron chi connectivity index (χ3n) is 7.70. The summed E-state index contributed by atoms with van der Waals surface area (Å²) in [5.41, 5.74) is 2.31.